The Balaban J connectivity index is 1.39. The molecular weight excluding hydrogens is 292 g/mol. The van der Waals surface area contributed by atoms with Gasteiger partial charge < -0.3 is 5.32 Å². The molecule has 2 fully saturated rings. The molecule has 1 heterocycles. The number of halogens is 2. The van der Waals surface area contributed by atoms with E-state index in [2.05, 4.69) is 29.6 Å². The Bertz CT molecular complexity index is 700. The highest BCUT2D eigenvalue weighted by Gasteiger charge is 2.63. The maximum atomic E-state index is 14.1. The van der Waals surface area contributed by atoms with Crippen LogP contribution < -0.4 is 5.32 Å². The summed E-state index contributed by atoms with van der Waals surface area (Å²) in [4.78, 5) is 0. The molecule has 23 heavy (non-hydrogen) atoms. The highest BCUT2D eigenvalue weighted by atomic mass is 19.1. The zero-order valence-corrected chi connectivity index (χ0v) is 13.1. The van der Waals surface area contributed by atoms with E-state index in [1.807, 2.05) is 6.07 Å². The minimum atomic E-state index is -0.339. The number of hydrogen-bond acceptors (Lipinski definition) is 1. The highest BCUT2D eigenvalue weighted by Crippen LogP contribution is 2.60. The number of nitrogens with one attached hydrogen (secondary N) is 1. The monoisotopic (exact) mass is 313 g/mol. The van der Waals surface area contributed by atoms with Crippen molar-refractivity contribution >= 4 is 0 Å². The molecule has 120 valence electrons. The molecule has 1 nitrogen and oxygen atoms in total. The van der Waals surface area contributed by atoms with E-state index in [1.54, 1.807) is 0 Å². The first kappa shape index (κ1) is 14.8. The molecule has 1 N–H and O–H groups in total. The van der Waals surface area contributed by atoms with Crippen LogP contribution in [0.4, 0.5) is 8.78 Å². The van der Waals surface area contributed by atoms with Crippen molar-refractivity contribution in [3.8, 4) is 0 Å². The molecule has 2 aliphatic rings. The van der Waals surface area contributed by atoms with E-state index >= 15 is 0 Å². The van der Waals surface area contributed by atoms with Gasteiger partial charge in [0.1, 0.15) is 11.6 Å². The lowest BCUT2D eigenvalue weighted by atomic mass is 9.92. The van der Waals surface area contributed by atoms with Crippen LogP contribution in [0.3, 0.4) is 0 Å². The first-order chi connectivity index (χ1) is 11.2. The molecule has 0 bridgehead atoms. The zero-order chi connectivity index (χ0) is 15.9. The molecule has 1 saturated carbocycles. The maximum absolute atomic E-state index is 14.1. The first-order valence-electron chi connectivity index (χ1n) is 8.42. The van der Waals surface area contributed by atoms with Gasteiger partial charge in [-0.05, 0) is 60.9 Å². The van der Waals surface area contributed by atoms with Gasteiger partial charge in [-0.3, -0.25) is 0 Å². The van der Waals surface area contributed by atoms with E-state index in [4.69, 9.17) is 0 Å². The van der Waals surface area contributed by atoms with E-state index in [1.165, 1.54) is 23.8 Å². The third kappa shape index (κ3) is 2.67. The summed E-state index contributed by atoms with van der Waals surface area (Å²) < 4.78 is 27.6. The smallest absolute Gasteiger partial charge is 0.127 e. The van der Waals surface area contributed by atoms with Crippen LogP contribution in [0, 0.1) is 17.6 Å². The van der Waals surface area contributed by atoms with Crippen LogP contribution in [0.2, 0.25) is 0 Å². The number of aryl methyl sites for hydroxylation is 1. The van der Waals surface area contributed by atoms with Crippen molar-refractivity contribution in [3.05, 3.63) is 71.3 Å². The second kappa shape index (κ2) is 5.72. The molecule has 2 aromatic rings. The first-order valence-corrected chi connectivity index (χ1v) is 8.42. The van der Waals surface area contributed by atoms with Crippen molar-refractivity contribution in [1.29, 1.82) is 0 Å². The van der Waals surface area contributed by atoms with Crippen molar-refractivity contribution in [2.45, 2.75) is 37.1 Å². The molecule has 0 amide bonds. The van der Waals surface area contributed by atoms with Crippen LogP contribution in [0.15, 0.2) is 48.5 Å². The van der Waals surface area contributed by atoms with Crippen LogP contribution in [-0.4, -0.2) is 12.6 Å². The summed E-state index contributed by atoms with van der Waals surface area (Å²) in [6, 6.07) is 14.8. The van der Waals surface area contributed by atoms with Gasteiger partial charge in [0.15, 0.2) is 0 Å². The Morgan fingerprint density at radius 1 is 1.09 bits per heavy atom. The van der Waals surface area contributed by atoms with Gasteiger partial charge in [-0.15, -0.1) is 0 Å². The van der Waals surface area contributed by atoms with Crippen LogP contribution in [0.5, 0.6) is 0 Å². The fourth-order valence-electron chi connectivity index (χ4n) is 4.28. The van der Waals surface area contributed by atoms with E-state index in [0.29, 0.717) is 17.5 Å². The standard InChI is InChI=1S/C20H21F2N/c21-15-9-10-18(22)16(11-15)20-12-17(20)19(23-13-20)8-4-7-14-5-2-1-3-6-14/h1-3,5-6,9-11,17,19,23H,4,7-8,12-13H2/t17-,19?,20+/m0/s1. The lowest BCUT2D eigenvalue weighted by Crippen LogP contribution is -2.27. The summed E-state index contributed by atoms with van der Waals surface area (Å²) >= 11 is 0. The fraction of sp³-hybridized carbons (Fsp3) is 0.400. The minimum Gasteiger partial charge on any atom is -0.313 e. The molecule has 2 aromatic carbocycles. The van der Waals surface area contributed by atoms with E-state index < -0.39 is 0 Å². The minimum absolute atomic E-state index is 0.163. The highest BCUT2D eigenvalue weighted by molar-refractivity contribution is 5.39. The summed E-state index contributed by atoms with van der Waals surface area (Å²) in [6.07, 6.45) is 4.28. The predicted molar refractivity (Wildman–Crippen MR) is 87.3 cm³/mol. The Morgan fingerprint density at radius 2 is 1.91 bits per heavy atom. The molecule has 3 atom stereocenters. The van der Waals surface area contributed by atoms with Gasteiger partial charge in [-0.2, -0.15) is 0 Å². The summed E-state index contributed by atoms with van der Waals surface area (Å²) in [7, 11) is 0. The quantitative estimate of drug-likeness (QED) is 0.871. The van der Waals surface area contributed by atoms with E-state index in [9.17, 15) is 8.78 Å². The number of hydrogen-bond donors (Lipinski definition) is 1. The Labute approximate surface area is 135 Å². The summed E-state index contributed by atoms with van der Waals surface area (Å²) in [5.41, 5.74) is 1.77. The van der Waals surface area contributed by atoms with Gasteiger partial charge in [0, 0.05) is 18.0 Å². The molecular formula is C20H21F2N. The number of fused-ring (bicyclic) bond motifs is 1. The van der Waals surface area contributed by atoms with E-state index in [0.717, 1.165) is 32.2 Å². The molecule has 0 radical (unpaired) electrons. The molecule has 3 heteroatoms. The van der Waals surface area contributed by atoms with Crippen molar-refractivity contribution in [2.75, 3.05) is 6.54 Å². The SMILES string of the molecule is Fc1ccc(F)c([C@@]23CNC(CCCc4ccccc4)[C@@H]2C3)c1. The summed E-state index contributed by atoms with van der Waals surface area (Å²) in [5.74, 6) is -0.149. The second-order valence-electron chi connectivity index (χ2n) is 6.96. The number of rotatable bonds is 5. The zero-order valence-electron chi connectivity index (χ0n) is 13.1. The van der Waals surface area contributed by atoms with Crippen LogP contribution in [0.1, 0.15) is 30.4 Å². The largest absolute Gasteiger partial charge is 0.313 e. The molecule has 1 aliphatic carbocycles. The van der Waals surface area contributed by atoms with Gasteiger partial charge in [-0.25, -0.2) is 8.78 Å². The van der Waals surface area contributed by atoms with Gasteiger partial charge in [0.05, 0.1) is 0 Å². The second-order valence-corrected chi connectivity index (χ2v) is 6.96. The van der Waals surface area contributed by atoms with E-state index in [-0.39, 0.29) is 17.0 Å². The van der Waals surface area contributed by atoms with Gasteiger partial charge in [0.25, 0.3) is 0 Å². The third-order valence-electron chi connectivity index (χ3n) is 5.59. The van der Waals surface area contributed by atoms with Crippen molar-refractivity contribution < 1.29 is 8.78 Å². The molecule has 0 spiro atoms. The third-order valence-corrected chi connectivity index (χ3v) is 5.59. The van der Waals surface area contributed by atoms with Crippen LogP contribution in [-0.2, 0) is 11.8 Å². The molecule has 4 rings (SSSR count). The topological polar surface area (TPSA) is 12.0 Å². The van der Waals surface area contributed by atoms with Crippen molar-refractivity contribution in [1.82, 2.24) is 5.32 Å². The normalized spacial score (nSPS) is 28.6. The molecule has 1 unspecified atom stereocenters. The van der Waals surface area contributed by atoms with Gasteiger partial charge in [-0.1, -0.05) is 30.3 Å². The molecule has 1 saturated heterocycles. The number of benzene rings is 2. The summed E-state index contributed by atoms with van der Waals surface area (Å²) in [6.45, 7) is 0.772. The average Bonchev–Trinajstić information content (AvgIpc) is 3.20. The molecule has 1 aliphatic heterocycles. The summed E-state index contributed by atoms with van der Waals surface area (Å²) in [5, 5.41) is 3.54. The Morgan fingerprint density at radius 3 is 2.70 bits per heavy atom. The van der Waals surface area contributed by atoms with Crippen molar-refractivity contribution in [3.63, 3.8) is 0 Å². The van der Waals surface area contributed by atoms with Gasteiger partial charge in [0.2, 0.25) is 0 Å². The number of piperidine rings is 1. The average molecular weight is 313 g/mol. The fourth-order valence-corrected chi connectivity index (χ4v) is 4.28. The van der Waals surface area contributed by atoms with Crippen LogP contribution in [0.25, 0.3) is 0 Å². The lowest BCUT2D eigenvalue weighted by molar-refractivity contribution is 0.482. The van der Waals surface area contributed by atoms with Crippen molar-refractivity contribution in [2.24, 2.45) is 5.92 Å². The van der Waals surface area contributed by atoms with Gasteiger partial charge >= 0.3 is 0 Å². The Hall–Kier alpha value is -1.74. The lowest BCUT2D eigenvalue weighted by Gasteiger charge is -2.13. The molecule has 0 aromatic heterocycles. The maximum Gasteiger partial charge on any atom is 0.127 e. The predicted octanol–water partition coefficient (Wildman–Crippen LogP) is 4.22. The van der Waals surface area contributed by atoms with Crippen LogP contribution >= 0.6 is 0 Å². The Kier molecular flexibility index (Phi) is 3.68.